The van der Waals surface area contributed by atoms with Crippen LogP contribution < -0.4 is 5.32 Å². The van der Waals surface area contributed by atoms with Gasteiger partial charge in [-0.2, -0.15) is 0 Å². The highest BCUT2D eigenvalue weighted by atomic mass is 32.2. The summed E-state index contributed by atoms with van der Waals surface area (Å²) in [4.78, 5) is 17.9. The zero-order chi connectivity index (χ0) is 13.8. The van der Waals surface area contributed by atoms with E-state index in [0.29, 0.717) is 0 Å². The minimum atomic E-state index is -3.09. The largest absolute Gasteiger partial charge is 0.367 e. The maximum Gasteiger partial charge on any atom is 0.343 e. The topological polar surface area (TPSA) is 115 Å². The number of nitro groups is 1. The molecule has 1 N–H and O–H groups in total. The average Bonchev–Trinajstić information content (AvgIpc) is 2.26. The highest BCUT2D eigenvalue weighted by molar-refractivity contribution is 8.00. The molecule has 100 valence electrons. The SMILES string of the molecule is CNc1ncnc(SCCS(C)(=O)=O)c1[N+](=O)[O-]. The zero-order valence-corrected chi connectivity index (χ0v) is 11.4. The minimum absolute atomic E-state index is 0.0618. The zero-order valence-electron chi connectivity index (χ0n) is 9.78. The van der Waals surface area contributed by atoms with E-state index in [1.165, 1.54) is 13.4 Å². The van der Waals surface area contributed by atoms with Gasteiger partial charge in [-0.15, -0.1) is 0 Å². The van der Waals surface area contributed by atoms with Gasteiger partial charge in [0.05, 0.1) is 10.7 Å². The Hall–Kier alpha value is -1.42. The summed E-state index contributed by atoms with van der Waals surface area (Å²) in [5, 5.41) is 13.7. The van der Waals surface area contributed by atoms with Gasteiger partial charge in [0.2, 0.25) is 5.82 Å². The maximum absolute atomic E-state index is 11.0. The summed E-state index contributed by atoms with van der Waals surface area (Å²) in [6.45, 7) is 0. The predicted octanol–water partition coefficient (Wildman–Crippen LogP) is 0.563. The summed E-state index contributed by atoms with van der Waals surface area (Å²) in [5.74, 6) is 0.255. The number of aromatic nitrogens is 2. The molecule has 0 aliphatic carbocycles. The van der Waals surface area contributed by atoms with Gasteiger partial charge in [0.25, 0.3) is 0 Å². The molecule has 1 heterocycles. The van der Waals surface area contributed by atoms with Gasteiger partial charge in [0, 0.05) is 19.1 Å². The first kappa shape index (κ1) is 14.6. The molecule has 0 aliphatic heterocycles. The Morgan fingerprint density at radius 3 is 2.67 bits per heavy atom. The molecule has 0 bridgehead atoms. The third-order valence-electron chi connectivity index (χ3n) is 1.90. The molecule has 0 spiro atoms. The van der Waals surface area contributed by atoms with Crippen molar-refractivity contribution in [1.29, 1.82) is 0 Å². The van der Waals surface area contributed by atoms with Gasteiger partial charge in [-0.05, 0) is 0 Å². The summed E-state index contributed by atoms with van der Waals surface area (Å²) in [6.07, 6.45) is 2.31. The van der Waals surface area contributed by atoms with E-state index in [0.717, 1.165) is 18.0 Å². The van der Waals surface area contributed by atoms with Crippen molar-refractivity contribution < 1.29 is 13.3 Å². The molecule has 0 amide bonds. The Morgan fingerprint density at radius 1 is 1.50 bits per heavy atom. The standard InChI is InChI=1S/C8H12N4O4S2/c1-9-7-6(12(13)14)8(11-5-10-7)17-3-4-18(2,15)16/h5H,3-4H2,1-2H3,(H,9,10,11). The lowest BCUT2D eigenvalue weighted by molar-refractivity contribution is -0.387. The fourth-order valence-electron chi connectivity index (χ4n) is 1.11. The monoisotopic (exact) mass is 292 g/mol. The van der Waals surface area contributed by atoms with Crippen molar-refractivity contribution in [3.05, 3.63) is 16.4 Å². The molecule has 0 unspecified atom stereocenters. The Morgan fingerprint density at radius 2 is 2.17 bits per heavy atom. The first-order valence-corrected chi connectivity index (χ1v) is 7.87. The van der Waals surface area contributed by atoms with Gasteiger partial charge in [0.1, 0.15) is 16.2 Å². The number of nitrogens with one attached hydrogen (secondary N) is 1. The Labute approximate surface area is 108 Å². The molecule has 1 rings (SSSR count). The van der Waals surface area contributed by atoms with E-state index in [4.69, 9.17) is 0 Å². The van der Waals surface area contributed by atoms with Crippen LogP contribution in [0.25, 0.3) is 0 Å². The Balaban J connectivity index is 2.92. The van der Waals surface area contributed by atoms with Gasteiger partial charge in [-0.1, -0.05) is 11.8 Å². The van der Waals surface area contributed by atoms with E-state index in [2.05, 4.69) is 15.3 Å². The van der Waals surface area contributed by atoms with Gasteiger partial charge in [-0.3, -0.25) is 10.1 Å². The fraction of sp³-hybridized carbons (Fsp3) is 0.500. The highest BCUT2D eigenvalue weighted by Gasteiger charge is 2.22. The number of nitrogens with zero attached hydrogens (tertiary/aromatic N) is 3. The molecule has 1 aromatic rings. The van der Waals surface area contributed by atoms with Crippen molar-refractivity contribution in [1.82, 2.24) is 9.97 Å². The number of sulfone groups is 1. The van der Waals surface area contributed by atoms with Crippen molar-refractivity contribution in [3.63, 3.8) is 0 Å². The van der Waals surface area contributed by atoms with Crippen LogP contribution in [-0.4, -0.2) is 48.1 Å². The number of anilines is 1. The smallest absolute Gasteiger partial charge is 0.343 e. The summed E-state index contributed by atoms with van der Waals surface area (Å²) in [5.41, 5.74) is -0.237. The second-order valence-corrected chi connectivity index (χ2v) is 6.70. The lowest BCUT2D eigenvalue weighted by atomic mass is 10.5. The van der Waals surface area contributed by atoms with Crippen molar-refractivity contribution in [2.45, 2.75) is 5.03 Å². The summed E-state index contributed by atoms with van der Waals surface area (Å²) < 4.78 is 21.9. The van der Waals surface area contributed by atoms with E-state index in [1.807, 2.05) is 0 Å². The molecular weight excluding hydrogens is 280 g/mol. The molecule has 0 saturated carbocycles. The van der Waals surface area contributed by atoms with Crippen molar-refractivity contribution >= 4 is 33.1 Å². The Kier molecular flexibility index (Phi) is 4.84. The molecule has 0 aliphatic rings. The van der Waals surface area contributed by atoms with Gasteiger partial charge in [0.15, 0.2) is 5.03 Å². The van der Waals surface area contributed by atoms with Crippen LogP contribution in [0.15, 0.2) is 11.4 Å². The first-order valence-electron chi connectivity index (χ1n) is 4.83. The summed E-state index contributed by atoms with van der Waals surface area (Å²) in [7, 11) is -1.58. The normalized spacial score (nSPS) is 11.2. The third-order valence-corrected chi connectivity index (χ3v) is 4.09. The van der Waals surface area contributed by atoms with Gasteiger partial charge < -0.3 is 5.32 Å². The Bertz CT molecular complexity index is 546. The van der Waals surface area contributed by atoms with E-state index < -0.39 is 14.8 Å². The van der Waals surface area contributed by atoms with Gasteiger partial charge in [-0.25, -0.2) is 18.4 Å². The molecule has 0 atom stereocenters. The molecular formula is C8H12N4O4S2. The number of hydrogen-bond donors (Lipinski definition) is 1. The van der Waals surface area contributed by atoms with Crippen LogP contribution >= 0.6 is 11.8 Å². The fourth-order valence-corrected chi connectivity index (χ4v) is 3.27. The number of thioether (sulfide) groups is 1. The first-order chi connectivity index (χ1) is 8.35. The van der Waals surface area contributed by atoms with Crippen LogP contribution in [0.3, 0.4) is 0 Å². The predicted molar refractivity (Wildman–Crippen MR) is 68.7 cm³/mol. The van der Waals surface area contributed by atoms with Crippen LogP contribution in [0.2, 0.25) is 0 Å². The molecule has 18 heavy (non-hydrogen) atoms. The van der Waals surface area contributed by atoms with E-state index in [9.17, 15) is 18.5 Å². The van der Waals surface area contributed by atoms with E-state index >= 15 is 0 Å². The molecule has 0 saturated heterocycles. The summed E-state index contributed by atoms with van der Waals surface area (Å²) in [6, 6.07) is 0. The quantitative estimate of drug-likeness (QED) is 0.350. The van der Waals surface area contributed by atoms with E-state index in [-0.39, 0.29) is 28.0 Å². The highest BCUT2D eigenvalue weighted by Crippen LogP contribution is 2.31. The van der Waals surface area contributed by atoms with Crippen LogP contribution in [0.4, 0.5) is 11.5 Å². The maximum atomic E-state index is 11.0. The summed E-state index contributed by atoms with van der Waals surface area (Å²) >= 11 is 1.02. The van der Waals surface area contributed by atoms with Crippen LogP contribution in [0, 0.1) is 10.1 Å². The van der Waals surface area contributed by atoms with E-state index in [1.54, 1.807) is 0 Å². The second kappa shape index (κ2) is 5.96. The van der Waals surface area contributed by atoms with Gasteiger partial charge >= 0.3 is 5.69 Å². The van der Waals surface area contributed by atoms with Crippen molar-refractivity contribution in [2.24, 2.45) is 0 Å². The molecule has 0 radical (unpaired) electrons. The second-order valence-electron chi connectivity index (χ2n) is 3.36. The lowest BCUT2D eigenvalue weighted by Crippen LogP contribution is -2.07. The van der Waals surface area contributed by atoms with Crippen LogP contribution in [0.5, 0.6) is 0 Å². The molecule has 0 fully saturated rings. The minimum Gasteiger partial charge on any atom is -0.367 e. The van der Waals surface area contributed by atoms with Crippen molar-refractivity contribution in [3.8, 4) is 0 Å². The number of rotatable bonds is 6. The number of hydrogen-bond acceptors (Lipinski definition) is 8. The van der Waals surface area contributed by atoms with Crippen LogP contribution in [0.1, 0.15) is 0 Å². The van der Waals surface area contributed by atoms with Crippen molar-refractivity contribution in [2.75, 3.05) is 30.1 Å². The average molecular weight is 292 g/mol. The molecule has 10 heteroatoms. The molecule has 1 aromatic heterocycles. The molecule has 8 nitrogen and oxygen atoms in total. The molecule has 0 aromatic carbocycles. The lowest BCUT2D eigenvalue weighted by Gasteiger charge is -2.04. The third kappa shape index (κ3) is 4.11. The van der Waals surface area contributed by atoms with Crippen LogP contribution in [-0.2, 0) is 9.84 Å².